The number of thiazole rings is 1. The Morgan fingerprint density at radius 2 is 1.84 bits per heavy atom. The molecule has 49 heavy (non-hydrogen) atoms. The number of rotatable bonds is 11. The summed E-state index contributed by atoms with van der Waals surface area (Å²) in [6.45, 7) is 7.46. The van der Waals surface area contributed by atoms with Gasteiger partial charge >= 0.3 is 6.03 Å². The number of aromatic nitrogens is 1. The largest absolute Gasteiger partial charge is 0.375 e. The summed E-state index contributed by atoms with van der Waals surface area (Å²) >= 11 is 13.7. The van der Waals surface area contributed by atoms with E-state index in [2.05, 4.69) is 48.4 Å². The van der Waals surface area contributed by atoms with Gasteiger partial charge in [-0.25, -0.2) is 9.78 Å². The first kappa shape index (κ1) is 34.9. The van der Waals surface area contributed by atoms with Crippen LogP contribution in [-0.2, 0) is 29.1 Å². The Morgan fingerprint density at radius 3 is 2.55 bits per heavy atom. The Hall–Kier alpha value is -3.90. The van der Waals surface area contributed by atoms with Gasteiger partial charge in [-0.05, 0) is 59.2 Å². The fraction of sp³-hybridized carbons (Fsp3) is 0.389. The first-order valence-electron chi connectivity index (χ1n) is 16.7. The van der Waals surface area contributed by atoms with E-state index in [9.17, 15) is 14.4 Å². The maximum atomic E-state index is 14.4. The van der Waals surface area contributed by atoms with E-state index in [0.717, 1.165) is 33.3 Å². The molecule has 0 saturated carbocycles. The van der Waals surface area contributed by atoms with E-state index in [1.54, 1.807) is 33.0 Å². The van der Waals surface area contributed by atoms with Crippen LogP contribution in [0.2, 0.25) is 10.0 Å². The fourth-order valence-electron chi connectivity index (χ4n) is 6.66. The number of urea groups is 1. The van der Waals surface area contributed by atoms with Gasteiger partial charge in [0.1, 0.15) is 12.2 Å². The SMILES string of the molecule is CCCN(C(=O)NCc1ccc(Cl)c(Cl)c1)N1CC(=O)N2[C@@H](Cc3ccc(C(C)CC)cc3)C(=O)N(Cc3cccc4sc(N)nc34)C[C@@H]21. The summed E-state index contributed by atoms with van der Waals surface area (Å²) in [5.74, 6) is 0.101. The molecular formula is C36H41Cl2N7O3S. The molecule has 13 heteroatoms. The lowest BCUT2D eigenvalue weighted by Gasteiger charge is -2.46. The minimum absolute atomic E-state index is 0.0202. The highest BCUT2D eigenvalue weighted by atomic mass is 35.5. The molecule has 2 aliphatic rings. The summed E-state index contributed by atoms with van der Waals surface area (Å²) in [5.41, 5.74) is 10.7. The number of piperazine rings is 1. The predicted molar refractivity (Wildman–Crippen MR) is 195 cm³/mol. The lowest BCUT2D eigenvalue weighted by molar-refractivity contribution is -0.157. The van der Waals surface area contributed by atoms with Gasteiger partial charge in [-0.1, -0.05) is 97.8 Å². The van der Waals surface area contributed by atoms with Crippen molar-refractivity contribution in [2.24, 2.45) is 0 Å². The van der Waals surface area contributed by atoms with Gasteiger partial charge in [0, 0.05) is 26.1 Å². The molecule has 3 heterocycles. The van der Waals surface area contributed by atoms with Gasteiger partial charge in [-0.3, -0.25) is 14.6 Å². The van der Waals surface area contributed by atoms with Crippen molar-refractivity contribution in [1.29, 1.82) is 0 Å². The minimum atomic E-state index is -0.742. The van der Waals surface area contributed by atoms with E-state index in [4.69, 9.17) is 28.9 Å². The first-order valence-corrected chi connectivity index (χ1v) is 18.2. The number of nitrogens with two attached hydrogens (primary N) is 1. The van der Waals surface area contributed by atoms with Gasteiger partial charge in [0.25, 0.3) is 0 Å². The summed E-state index contributed by atoms with van der Waals surface area (Å²) in [7, 11) is 0. The topological polar surface area (TPSA) is 115 Å². The molecule has 0 aliphatic carbocycles. The highest BCUT2D eigenvalue weighted by Crippen LogP contribution is 2.33. The molecule has 4 aromatic rings. The van der Waals surface area contributed by atoms with Crippen molar-refractivity contribution in [3.05, 3.63) is 93.0 Å². The van der Waals surface area contributed by atoms with Crippen LogP contribution in [0.25, 0.3) is 10.2 Å². The van der Waals surface area contributed by atoms with Crippen LogP contribution in [0.15, 0.2) is 60.7 Å². The maximum absolute atomic E-state index is 14.4. The molecule has 10 nitrogen and oxygen atoms in total. The van der Waals surface area contributed by atoms with Crippen LogP contribution in [0.3, 0.4) is 0 Å². The number of hydrogen-bond donors (Lipinski definition) is 2. The molecular weight excluding hydrogens is 681 g/mol. The van der Waals surface area contributed by atoms with E-state index >= 15 is 0 Å². The summed E-state index contributed by atoms with van der Waals surface area (Å²) < 4.78 is 0.949. The third kappa shape index (κ3) is 7.35. The van der Waals surface area contributed by atoms with Crippen LogP contribution >= 0.6 is 34.5 Å². The number of amides is 4. The normalized spacial score (nSPS) is 18.6. The third-order valence-electron chi connectivity index (χ3n) is 9.44. The molecule has 258 valence electrons. The number of hydrogen-bond acceptors (Lipinski definition) is 7. The second-order valence-corrected chi connectivity index (χ2v) is 14.6. The summed E-state index contributed by atoms with van der Waals surface area (Å²) in [5, 5.41) is 7.71. The molecule has 1 unspecified atom stereocenters. The summed E-state index contributed by atoms with van der Waals surface area (Å²) in [6.07, 6.45) is 1.51. The van der Waals surface area contributed by atoms with Gasteiger partial charge in [0.05, 0.1) is 33.4 Å². The van der Waals surface area contributed by atoms with Gasteiger partial charge < -0.3 is 20.9 Å². The van der Waals surface area contributed by atoms with Crippen molar-refractivity contribution >= 4 is 67.7 Å². The van der Waals surface area contributed by atoms with E-state index in [-0.39, 0.29) is 37.5 Å². The zero-order valence-corrected chi connectivity index (χ0v) is 30.2. The zero-order chi connectivity index (χ0) is 34.8. The molecule has 0 spiro atoms. The molecule has 2 saturated heterocycles. The molecule has 4 amide bonds. The molecule has 0 bridgehead atoms. The Balaban J connectivity index is 1.30. The van der Waals surface area contributed by atoms with E-state index in [0.29, 0.717) is 47.0 Å². The minimum Gasteiger partial charge on any atom is -0.375 e. The van der Waals surface area contributed by atoms with Gasteiger partial charge in [-0.15, -0.1) is 0 Å². The van der Waals surface area contributed by atoms with Crippen molar-refractivity contribution in [1.82, 2.24) is 30.1 Å². The van der Waals surface area contributed by atoms with Crippen LogP contribution in [0.4, 0.5) is 9.93 Å². The van der Waals surface area contributed by atoms with Gasteiger partial charge in [-0.2, -0.15) is 5.01 Å². The quantitative estimate of drug-likeness (QED) is 0.179. The van der Waals surface area contributed by atoms with Crippen LogP contribution < -0.4 is 11.1 Å². The maximum Gasteiger partial charge on any atom is 0.332 e. The average molecular weight is 723 g/mol. The number of carbonyl (C=O) groups is 3. The molecule has 2 fully saturated rings. The Kier molecular flexibility index (Phi) is 10.6. The zero-order valence-electron chi connectivity index (χ0n) is 27.9. The second-order valence-electron chi connectivity index (χ2n) is 12.7. The molecule has 3 atom stereocenters. The average Bonchev–Trinajstić information content (AvgIpc) is 3.64. The van der Waals surface area contributed by atoms with Crippen molar-refractivity contribution in [2.45, 2.75) is 71.2 Å². The number of nitrogens with zero attached hydrogens (tertiary/aromatic N) is 5. The van der Waals surface area contributed by atoms with Crippen molar-refractivity contribution in [2.75, 3.05) is 25.4 Å². The molecule has 3 aromatic carbocycles. The van der Waals surface area contributed by atoms with E-state index in [1.807, 2.05) is 30.1 Å². The highest BCUT2D eigenvalue weighted by Gasteiger charge is 2.52. The lowest BCUT2D eigenvalue weighted by Crippen LogP contribution is -2.66. The number of fused-ring (bicyclic) bond motifs is 2. The van der Waals surface area contributed by atoms with Crippen LogP contribution in [0, 0.1) is 0 Å². The fourth-order valence-corrected chi connectivity index (χ4v) is 7.77. The predicted octanol–water partition coefficient (Wildman–Crippen LogP) is 6.66. The smallest absolute Gasteiger partial charge is 0.332 e. The highest BCUT2D eigenvalue weighted by molar-refractivity contribution is 7.22. The van der Waals surface area contributed by atoms with E-state index in [1.165, 1.54) is 16.9 Å². The van der Waals surface area contributed by atoms with Crippen LogP contribution in [0.1, 0.15) is 61.8 Å². The lowest BCUT2D eigenvalue weighted by atomic mass is 9.95. The number of benzene rings is 3. The number of halogens is 2. The van der Waals surface area contributed by atoms with Gasteiger partial charge in [0.15, 0.2) is 5.13 Å². The second kappa shape index (κ2) is 14.9. The van der Waals surface area contributed by atoms with Crippen molar-refractivity contribution < 1.29 is 14.4 Å². The molecule has 2 aliphatic heterocycles. The van der Waals surface area contributed by atoms with Gasteiger partial charge in [0.2, 0.25) is 11.8 Å². The van der Waals surface area contributed by atoms with E-state index < -0.39 is 12.2 Å². The summed E-state index contributed by atoms with van der Waals surface area (Å²) in [6, 6.07) is 18.3. The van der Waals surface area contributed by atoms with Crippen molar-refractivity contribution in [3.63, 3.8) is 0 Å². The number of para-hydroxylation sites is 1. The molecule has 6 rings (SSSR count). The number of hydrazine groups is 1. The van der Waals surface area contributed by atoms with Crippen LogP contribution in [0.5, 0.6) is 0 Å². The van der Waals surface area contributed by atoms with Crippen molar-refractivity contribution in [3.8, 4) is 0 Å². The molecule has 1 aromatic heterocycles. The monoisotopic (exact) mass is 721 g/mol. The molecule has 0 radical (unpaired) electrons. The number of nitrogens with one attached hydrogen (secondary N) is 1. The Bertz CT molecular complexity index is 1850. The third-order valence-corrected chi connectivity index (χ3v) is 11.0. The first-order chi connectivity index (χ1) is 23.6. The Morgan fingerprint density at radius 1 is 1.08 bits per heavy atom. The molecule has 3 N–H and O–H groups in total. The standard InChI is InChI=1S/C36H41Cl2N7O3S/c1-4-15-43(36(48)40-18-24-11-14-27(37)28(38)16-24)44-21-32(46)45-29(17-23-9-12-25(13-10-23)22(3)5-2)34(47)42(20-31(44)45)19-26-7-6-8-30-33(26)41-35(39)49-30/h6-14,16,22,29,31H,4-5,15,17-21H2,1-3H3,(H2,39,41)(H,40,48)/t22?,29-,31+/m0/s1. The van der Waals surface area contributed by atoms with Crippen LogP contribution in [-0.4, -0.2) is 74.5 Å². The number of carbonyl (C=O) groups excluding carboxylic acids is 3. The number of nitrogen functional groups attached to an aromatic ring is 1. The number of anilines is 1. The summed E-state index contributed by atoms with van der Waals surface area (Å²) in [4.78, 5) is 50.1. The Labute approximate surface area is 300 Å².